The largest absolute Gasteiger partial charge is 0.494 e. The molecule has 0 unspecified atom stereocenters. The van der Waals surface area contributed by atoms with Crippen molar-refractivity contribution in [2.45, 2.75) is 27.7 Å². The number of hydrogen-bond donors (Lipinski definition) is 6. The number of halogens is 1. The first-order valence-electron chi connectivity index (χ1n) is 21.9. The van der Waals surface area contributed by atoms with Gasteiger partial charge in [-0.05, 0) is 70.2 Å². The monoisotopic (exact) mass is 978 g/mol. The molecule has 10 aromatic rings. The van der Waals surface area contributed by atoms with Crippen LogP contribution in [0.4, 0.5) is 40.2 Å². The Kier molecular flexibility index (Phi) is 13.8. The van der Waals surface area contributed by atoms with Crippen molar-refractivity contribution in [3.8, 4) is 34.0 Å². The molecule has 0 spiro atoms. The van der Waals surface area contributed by atoms with Crippen LogP contribution in [0, 0.1) is 27.7 Å². The van der Waals surface area contributed by atoms with Gasteiger partial charge in [-0.15, -0.1) is 0 Å². The fraction of sp³-hybridized carbons (Fsp3) is 0.208. The molecule has 0 aliphatic rings. The SMILES string of the molecule is COc1c(Nc2cc(Cl)nc3[nH]n(C)c(=O)c23)cccc1-c1ccn(C)n1.COc1c(Nc2cc(Nc3cc(C)nc(C)n3)nc3[nH]n(C)c(=O)c23)cccc1-c1ccn(C)n1.Cc1cc(N)nc(C)n1. The second-order valence-corrected chi connectivity index (χ2v) is 16.7. The highest BCUT2D eigenvalue weighted by atomic mass is 35.5. The predicted molar refractivity (Wildman–Crippen MR) is 275 cm³/mol. The van der Waals surface area contributed by atoms with Gasteiger partial charge in [-0.1, -0.05) is 23.7 Å². The molecule has 0 atom stereocenters. The molecule has 2 aromatic carbocycles. The Bertz CT molecular complexity index is 3630. The van der Waals surface area contributed by atoms with E-state index >= 15 is 0 Å². The van der Waals surface area contributed by atoms with E-state index in [2.05, 4.69) is 66.2 Å². The molecule has 0 radical (unpaired) electrons. The maximum Gasteiger partial charge on any atom is 0.277 e. The summed E-state index contributed by atoms with van der Waals surface area (Å²) in [5, 5.41) is 25.8. The summed E-state index contributed by atoms with van der Waals surface area (Å²) in [5.74, 6) is 4.27. The number of aromatic nitrogens is 14. The Morgan fingerprint density at radius 3 is 1.51 bits per heavy atom. The molecule has 0 amide bonds. The number of rotatable bonds is 10. The highest BCUT2D eigenvalue weighted by Gasteiger charge is 2.20. The molecule has 0 fully saturated rings. The first-order chi connectivity index (χ1) is 34.0. The maximum absolute atomic E-state index is 12.9. The molecule has 0 saturated heterocycles. The van der Waals surface area contributed by atoms with E-state index in [0.717, 1.165) is 39.7 Å². The zero-order valence-electron chi connectivity index (χ0n) is 40.5. The number of nitrogens with two attached hydrogens (primary N) is 1. The van der Waals surface area contributed by atoms with Crippen molar-refractivity contribution in [3.63, 3.8) is 0 Å². The molecule has 8 aromatic heterocycles. The van der Waals surface area contributed by atoms with Crippen molar-refractivity contribution in [2.75, 3.05) is 35.9 Å². The predicted octanol–water partition coefficient (Wildman–Crippen LogP) is 7.31. The molecule has 23 heteroatoms. The van der Waals surface area contributed by atoms with Gasteiger partial charge in [0.1, 0.15) is 45.0 Å². The number of anilines is 7. The van der Waals surface area contributed by atoms with Gasteiger partial charge in [0, 0.05) is 81.3 Å². The summed E-state index contributed by atoms with van der Waals surface area (Å²) in [5.41, 5.74) is 13.3. The van der Waals surface area contributed by atoms with Gasteiger partial charge in [-0.25, -0.2) is 29.9 Å². The summed E-state index contributed by atoms with van der Waals surface area (Å²) >= 11 is 6.13. The van der Waals surface area contributed by atoms with Crippen molar-refractivity contribution in [1.82, 2.24) is 69.0 Å². The number of nitrogen functional groups attached to an aromatic ring is 1. The van der Waals surface area contributed by atoms with Crippen molar-refractivity contribution >= 4 is 73.9 Å². The lowest BCUT2D eigenvalue weighted by Crippen LogP contribution is -2.12. The van der Waals surface area contributed by atoms with Gasteiger partial charge in [-0.3, -0.25) is 38.5 Å². The second-order valence-electron chi connectivity index (χ2n) is 16.3. The number of nitrogens with one attached hydrogen (secondary N) is 5. The third-order valence-corrected chi connectivity index (χ3v) is 10.9. The van der Waals surface area contributed by atoms with Crippen molar-refractivity contribution < 1.29 is 9.47 Å². The molecule has 8 heterocycles. The zero-order valence-corrected chi connectivity index (χ0v) is 41.3. The lowest BCUT2D eigenvalue weighted by molar-refractivity contribution is 0.418. The number of para-hydroxylation sites is 2. The first-order valence-corrected chi connectivity index (χ1v) is 22.3. The van der Waals surface area contributed by atoms with Crippen LogP contribution in [0.15, 0.2) is 94.8 Å². The van der Waals surface area contributed by atoms with Crippen molar-refractivity contribution in [2.24, 2.45) is 28.2 Å². The van der Waals surface area contributed by atoms with Crippen LogP contribution in [-0.2, 0) is 28.2 Å². The van der Waals surface area contributed by atoms with Crippen LogP contribution in [0.25, 0.3) is 44.6 Å². The highest BCUT2D eigenvalue weighted by molar-refractivity contribution is 6.30. The topological polar surface area (TPSA) is 269 Å². The van der Waals surface area contributed by atoms with Crippen LogP contribution in [0.2, 0.25) is 5.15 Å². The molecular formula is C48H51ClN18O4. The lowest BCUT2D eigenvalue weighted by Gasteiger charge is -2.15. The third-order valence-electron chi connectivity index (χ3n) is 10.8. The number of fused-ring (bicyclic) bond motifs is 2. The number of hydrogen-bond acceptors (Lipinski definition) is 16. The van der Waals surface area contributed by atoms with E-state index in [0.29, 0.717) is 79.6 Å². The van der Waals surface area contributed by atoms with Crippen LogP contribution in [0.1, 0.15) is 23.0 Å². The maximum atomic E-state index is 12.9. The Labute approximate surface area is 410 Å². The number of ether oxygens (including phenoxy) is 2. The minimum atomic E-state index is -0.199. The van der Waals surface area contributed by atoms with Crippen molar-refractivity contribution in [1.29, 1.82) is 0 Å². The second kappa shape index (κ2) is 20.3. The lowest BCUT2D eigenvalue weighted by atomic mass is 10.1. The fourth-order valence-corrected chi connectivity index (χ4v) is 8.04. The van der Waals surface area contributed by atoms with Gasteiger partial charge < -0.3 is 31.2 Å². The van der Waals surface area contributed by atoms with E-state index in [1.165, 1.54) is 9.36 Å². The van der Waals surface area contributed by atoms with Gasteiger partial charge in [0.05, 0.1) is 48.4 Å². The summed E-state index contributed by atoms with van der Waals surface area (Å²) in [6, 6.07) is 22.2. The number of benzene rings is 2. The molecule has 0 aliphatic heterocycles. The number of nitrogens with zero attached hydrogens (tertiary/aromatic N) is 12. The normalized spacial score (nSPS) is 10.9. The Morgan fingerprint density at radius 1 is 0.563 bits per heavy atom. The number of pyridine rings is 2. The molecule has 0 aliphatic carbocycles. The van der Waals surface area contributed by atoms with E-state index < -0.39 is 0 Å². The van der Waals surface area contributed by atoms with Crippen molar-refractivity contribution in [3.05, 3.63) is 134 Å². The average molecular weight is 980 g/mol. The standard InChI is InChI=1S/C24H25N9O2.C18H17ClN6O2.C6H9N3/c1-13-11-19(26-14(2)25-13)28-20-12-18(21-23(29-20)31-33(4)24(21)34)27-17-8-6-7-15(22(17)35-5)16-9-10-32(3)30-16;1-24-8-7-11(22-24)10-5-4-6-12(16(10)27-3)20-13-9-14(19)21-17-15(13)18(26)25(2)23-17;1-4-3-6(7)9-5(2)8-4/h6-12H,1-5H3,(H3,25,26,27,28,29,31);4-9H,1-3H3,(H2,20,21,23);3H,1-2H3,(H2,7,8,9). The zero-order chi connectivity index (χ0) is 50.7. The Hall–Kier alpha value is -9.05. The van der Waals surface area contributed by atoms with Crippen LogP contribution in [-0.4, -0.2) is 83.2 Å². The summed E-state index contributed by atoms with van der Waals surface area (Å²) < 4.78 is 17.6. The molecule has 22 nitrogen and oxygen atoms in total. The van der Waals surface area contributed by atoms with E-state index in [1.54, 1.807) is 55.9 Å². The number of H-pyrrole nitrogens is 2. The number of aryl methyl sites for hydroxylation is 8. The summed E-state index contributed by atoms with van der Waals surface area (Å²) in [4.78, 5) is 50.8. The fourth-order valence-electron chi connectivity index (χ4n) is 7.85. The Balaban J connectivity index is 0.000000166. The highest BCUT2D eigenvalue weighted by Crippen LogP contribution is 2.40. The van der Waals surface area contributed by atoms with E-state index in [1.807, 2.05) is 109 Å². The van der Waals surface area contributed by atoms with E-state index in [4.69, 9.17) is 26.8 Å². The number of methoxy groups -OCH3 is 2. The van der Waals surface area contributed by atoms with Crippen LogP contribution < -0.4 is 42.3 Å². The molecule has 364 valence electrons. The van der Waals surface area contributed by atoms with Gasteiger partial charge in [-0.2, -0.15) is 10.2 Å². The van der Waals surface area contributed by atoms with Gasteiger partial charge in [0.2, 0.25) is 0 Å². The van der Waals surface area contributed by atoms with E-state index in [9.17, 15) is 9.59 Å². The molecule has 0 saturated carbocycles. The quantitative estimate of drug-likeness (QED) is 0.0733. The third kappa shape index (κ3) is 10.7. The minimum absolute atomic E-state index is 0.198. The summed E-state index contributed by atoms with van der Waals surface area (Å²) in [6.45, 7) is 7.45. The average Bonchev–Trinajstić information content (AvgIpc) is 4.08. The summed E-state index contributed by atoms with van der Waals surface area (Å²) in [6.07, 6.45) is 3.74. The molecule has 7 N–H and O–H groups in total. The van der Waals surface area contributed by atoms with E-state index in [-0.39, 0.29) is 16.3 Å². The van der Waals surface area contributed by atoms with Crippen LogP contribution >= 0.6 is 11.6 Å². The molecule has 0 bridgehead atoms. The minimum Gasteiger partial charge on any atom is -0.494 e. The van der Waals surface area contributed by atoms with Gasteiger partial charge in [0.25, 0.3) is 11.1 Å². The first kappa shape index (κ1) is 48.4. The smallest absolute Gasteiger partial charge is 0.277 e. The summed E-state index contributed by atoms with van der Waals surface area (Å²) in [7, 11) is 10.2. The van der Waals surface area contributed by atoms with Crippen LogP contribution in [0.5, 0.6) is 11.5 Å². The van der Waals surface area contributed by atoms with Gasteiger partial charge >= 0.3 is 0 Å². The number of aromatic amines is 2. The molecule has 10 rings (SSSR count). The van der Waals surface area contributed by atoms with Crippen LogP contribution in [0.3, 0.4) is 0 Å². The Morgan fingerprint density at radius 2 is 1.04 bits per heavy atom. The molecular weight excluding hydrogens is 928 g/mol. The molecule has 71 heavy (non-hydrogen) atoms. The van der Waals surface area contributed by atoms with Gasteiger partial charge in [0.15, 0.2) is 22.8 Å².